The van der Waals surface area contributed by atoms with Crippen LogP contribution in [0.4, 0.5) is 11.4 Å². The van der Waals surface area contributed by atoms with Crippen molar-refractivity contribution >= 4 is 49.9 Å². The fourth-order valence-electron chi connectivity index (χ4n) is 3.07. The standard InChI is InChI=1S/C19H22IN3O3S/c1-22(2)27(25,26)16-8-9-18(23-10-3-4-11-23)17(13-16)19(24)21-15-7-5-6-14(20)12-15/h5-9,12-13H,3-4,10-11H2,1-2H3,(H,21,24). The third-order valence-corrected chi connectivity index (χ3v) is 7.00. The van der Waals surface area contributed by atoms with Crippen LogP contribution in [-0.4, -0.2) is 45.8 Å². The average Bonchev–Trinajstić information content (AvgIpc) is 3.15. The first-order valence-corrected chi connectivity index (χ1v) is 11.2. The molecule has 1 amide bonds. The molecule has 8 heteroatoms. The smallest absolute Gasteiger partial charge is 0.257 e. The Bertz CT molecular complexity index is 954. The summed E-state index contributed by atoms with van der Waals surface area (Å²) in [5, 5.41) is 2.89. The van der Waals surface area contributed by atoms with Crippen molar-refractivity contribution in [2.45, 2.75) is 17.7 Å². The molecule has 1 heterocycles. The van der Waals surface area contributed by atoms with E-state index in [1.807, 2.05) is 24.3 Å². The van der Waals surface area contributed by atoms with Gasteiger partial charge in [-0.3, -0.25) is 4.79 Å². The van der Waals surface area contributed by atoms with Crippen LogP contribution in [0.15, 0.2) is 47.4 Å². The van der Waals surface area contributed by atoms with Crippen molar-refractivity contribution in [2.75, 3.05) is 37.4 Å². The van der Waals surface area contributed by atoms with Crippen LogP contribution in [0.2, 0.25) is 0 Å². The van der Waals surface area contributed by atoms with Crippen LogP contribution < -0.4 is 10.2 Å². The molecule has 0 atom stereocenters. The van der Waals surface area contributed by atoms with Crippen LogP contribution in [0, 0.1) is 3.57 Å². The molecule has 1 N–H and O–H groups in total. The van der Waals surface area contributed by atoms with Crippen molar-refractivity contribution in [1.29, 1.82) is 0 Å². The predicted octanol–water partition coefficient (Wildman–Crippen LogP) is 3.39. The highest BCUT2D eigenvalue weighted by molar-refractivity contribution is 14.1. The van der Waals surface area contributed by atoms with Crippen LogP contribution in [0.5, 0.6) is 0 Å². The molecule has 1 aliphatic rings. The molecule has 27 heavy (non-hydrogen) atoms. The number of hydrogen-bond acceptors (Lipinski definition) is 4. The molecule has 3 rings (SSSR count). The van der Waals surface area contributed by atoms with E-state index >= 15 is 0 Å². The summed E-state index contributed by atoms with van der Waals surface area (Å²) in [6, 6.07) is 12.3. The Morgan fingerprint density at radius 2 is 1.81 bits per heavy atom. The summed E-state index contributed by atoms with van der Waals surface area (Å²) in [5.74, 6) is -0.310. The Labute approximate surface area is 173 Å². The van der Waals surface area contributed by atoms with Crippen LogP contribution in [0.25, 0.3) is 0 Å². The third kappa shape index (κ3) is 4.44. The molecule has 2 aromatic rings. The minimum absolute atomic E-state index is 0.114. The zero-order valence-electron chi connectivity index (χ0n) is 15.3. The van der Waals surface area contributed by atoms with Gasteiger partial charge in [0.15, 0.2) is 0 Å². The first-order valence-electron chi connectivity index (χ1n) is 8.67. The number of hydrogen-bond donors (Lipinski definition) is 1. The number of halogens is 1. The number of nitrogens with zero attached hydrogens (tertiary/aromatic N) is 2. The Kier molecular flexibility index (Phi) is 6.07. The van der Waals surface area contributed by atoms with Crippen molar-refractivity contribution in [2.24, 2.45) is 0 Å². The zero-order valence-corrected chi connectivity index (χ0v) is 18.2. The number of rotatable bonds is 5. The molecule has 0 spiro atoms. The number of amides is 1. The second-order valence-electron chi connectivity index (χ2n) is 6.63. The molecule has 1 saturated heterocycles. The largest absolute Gasteiger partial charge is 0.371 e. The molecule has 2 aromatic carbocycles. The zero-order chi connectivity index (χ0) is 19.6. The summed E-state index contributed by atoms with van der Waals surface area (Å²) in [7, 11) is -0.656. The summed E-state index contributed by atoms with van der Waals surface area (Å²) in [6.07, 6.45) is 2.13. The molecule has 1 fully saturated rings. The average molecular weight is 499 g/mol. The first kappa shape index (κ1) is 20.1. The molecule has 0 saturated carbocycles. The highest BCUT2D eigenvalue weighted by Crippen LogP contribution is 2.29. The number of sulfonamides is 1. The monoisotopic (exact) mass is 499 g/mol. The highest BCUT2D eigenvalue weighted by atomic mass is 127. The number of anilines is 2. The molecular weight excluding hydrogens is 477 g/mol. The summed E-state index contributed by atoms with van der Waals surface area (Å²) in [4.78, 5) is 15.3. The normalized spacial score (nSPS) is 14.6. The molecule has 1 aliphatic heterocycles. The lowest BCUT2D eigenvalue weighted by atomic mass is 10.1. The topological polar surface area (TPSA) is 69.7 Å². The van der Waals surface area contributed by atoms with Crippen molar-refractivity contribution in [3.63, 3.8) is 0 Å². The summed E-state index contributed by atoms with van der Waals surface area (Å²) in [6.45, 7) is 1.73. The SMILES string of the molecule is CN(C)S(=O)(=O)c1ccc(N2CCCC2)c(C(=O)Nc2cccc(I)c2)c1. The van der Waals surface area contributed by atoms with Gasteiger partial charge in [-0.2, -0.15) is 0 Å². The van der Waals surface area contributed by atoms with Crippen molar-refractivity contribution in [3.8, 4) is 0 Å². The number of carbonyl (C=O) groups excluding carboxylic acids is 1. The minimum Gasteiger partial charge on any atom is -0.371 e. The van der Waals surface area contributed by atoms with Gasteiger partial charge in [0.05, 0.1) is 10.5 Å². The highest BCUT2D eigenvalue weighted by Gasteiger charge is 2.24. The van der Waals surface area contributed by atoms with Gasteiger partial charge in [-0.15, -0.1) is 0 Å². The van der Waals surface area contributed by atoms with Gasteiger partial charge >= 0.3 is 0 Å². The van der Waals surface area contributed by atoms with Crippen molar-refractivity contribution < 1.29 is 13.2 Å². The van der Waals surface area contributed by atoms with Crippen molar-refractivity contribution in [1.82, 2.24) is 4.31 Å². The molecule has 0 aromatic heterocycles. The molecule has 0 aliphatic carbocycles. The van der Waals surface area contributed by atoms with Gasteiger partial charge in [-0.25, -0.2) is 12.7 Å². The van der Waals surface area contributed by atoms with E-state index in [2.05, 4.69) is 32.8 Å². The Balaban J connectivity index is 2.02. The molecule has 0 radical (unpaired) electrons. The number of carbonyl (C=O) groups is 1. The molecule has 0 bridgehead atoms. The molecule has 0 unspecified atom stereocenters. The van der Waals surface area contributed by atoms with Crippen LogP contribution in [0.3, 0.4) is 0 Å². The van der Waals surface area contributed by atoms with Gasteiger partial charge in [-0.05, 0) is 71.8 Å². The van der Waals surface area contributed by atoms with E-state index in [1.165, 1.54) is 20.2 Å². The Hall–Kier alpha value is -1.65. The lowest BCUT2D eigenvalue weighted by Gasteiger charge is -2.22. The fourth-order valence-corrected chi connectivity index (χ4v) is 4.54. The maximum atomic E-state index is 13.0. The van der Waals surface area contributed by atoms with Gasteiger partial charge in [0.25, 0.3) is 5.91 Å². The van der Waals surface area contributed by atoms with Crippen LogP contribution in [0.1, 0.15) is 23.2 Å². The second-order valence-corrected chi connectivity index (χ2v) is 10.0. The van der Waals surface area contributed by atoms with E-state index in [4.69, 9.17) is 0 Å². The minimum atomic E-state index is -3.62. The van der Waals surface area contributed by atoms with Crippen LogP contribution >= 0.6 is 22.6 Å². The lowest BCUT2D eigenvalue weighted by molar-refractivity contribution is 0.102. The quantitative estimate of drug-likeness (QED) is 0.641. The van der Waals surface area contributed by atoms with E-state index in [-0.39, 0.29) is 10.8 Å². The maximum Gasteiger partial charge on any atom is 0.257 e. The Morgan fingerprint density at radius 1 is 1.11 bits per heavy atom. The van der Waals surface area contributed by atoms with Crippen LogP contribution in [-0.2, 0) is 10.0 Å². The summed E-state index contributed by atoms with van der Waals surface area (Å²) in [5.41, 5.74) is 1.83. The summed E-state index contributed by atoms with van der Waals surface area (Å²) >= 11 is 2.18. The predicted molar refractivity (Wildman–Crippen MR) is 116 cm³/mol. The van der Waals surface area contributed by atoms with E-state index in [0.717, 1.165) is 39.5 Å². The van der Waals surface area contributed by atoms with Gasteiger partial charge in [0.1, 0.15) is 0 Å². The number of benzene rings is 2. The van der Waals surface area contributed by atoms with E-state index in [0.29, 0.717) is 11.3 Å². The second kappa shape index (κ2) is 8.15. The first-order chi connectivity index (χ1) is 12.8. The van der Waals surface area contributed by atoms with E-state index in [1.54, 1.807) is 12.1 Å². The Morgan fingerprint density at radius 3 is 2.44 bits per heavy atom. The van der Waals surface area contributed by atoms with Gasteiger partial charge < -0.3 is 10.2 Å². The van der Waals surface area contributed by atoms with E-state index in [9.17, 15) is 13.2 Å². The molecular formula is C19H22IN3O3S. The van der Waals surface area contributed by atoms with Gasteiger partial charge in [0, 0.05) is 42.1 Å². The third-order valence-electron chi connectivity index (χ3n) is 4.52. The fraction of sp³-hybridized carbons (Fsp3) is 0.316. The summed E-state index contributed by atoms with van der Waals surface area (Å²) < 4.78 is 27.2. The van der Waals surface area contributed by atoms with Crippen molar-refractivity contribution in [3.05, 3.63) is 51.6 Å². The van der Waals surface area contributed by atoms with E-state index < -0.39 is 10.0 Å². The molecule has 6 nitrogen and oxygen atoms in total. The maximum absolute atomic E-state index is 13.0. The van der Waals surface area contributed by atoms with Gasteiger partial charge in [-0.1, -0.05) is 6.07 Å². The van der Waals surface area contributed by atoms with Gasteiger partial charge in [0.2, 0.25) is 10.0 Å². The lowest BCUT2D eigenvalue weighted by Crippen LogP contribution is -2.25. The number of nitrogens with one attached hydrogen (secondary N) is 1. The molecule has 144 valence electrons.